The van der Waals surface area contributed by atoms with Crippen LogP contribution >= 0.6 is 11.8 Å². The Morgan fingerprint density at radius 3 is 2.63 bits per heavy atom. The Morgan fingerprint density at radius 2 is 2.00 bits per heavy atom. The number of hydrogen-bond donors (Lipinski definition) is 1. The first-order chi connectivity index (χ1) is 12.8. The fourth-order valence-corrected chi connectivity index (χ4v) is 3.77. The molecule has 0 saturated heterocycles. The molecule has 1 aromatic heterocycles. The number of alkyl halides is 3. The fourth-order valence-electron chi connectivity index (χ4n) is 2.61. The maximum Gasteiger partial charge on any atom is 0.416 e. The molecule has 5 nitrogen and oxygen atoms in total. The van der Waals surface area contributed by atoms with Crippen LogP contribution in [0, 0.1) is 0 Å². The second kappa shape index (κ2) is 7.59. The van der Waals surface area contributed by atoms with Gasteiger partial charge in [0, 0.05) is 12.0 Å². The van der Waals surface area contributed by atoms with Crippen LogP contribution in [0.5, 0.6) is 0 Å². The molecule has 142 valence electrons. The van der Waals surface area contributed by atoms with Gasteiger partial charge in [0.25, 0.3) is 0 Å². The Morgan fingerprint density at radius 1 is 1.30 bits per heavy atom. The fraction of sp³-hybridized carbons (Fsp3) is 0.278. The highest BCUT2D eigenvalue weighted by atomic mass is 32.2. The van der Waals surface area contributed by atoms with Crippen molar-refractivity contribution in [3.8, 4) is 0 Å². The van der Waals surface area contributed by atoms with Gasteiger partial charge in [0.15, 0.2) is 0 Å². The third kappa shape index (κ3) is 4.41. The van der Waals surface area contributed by atoms with Crippen molar-refractivity contribution >= 4 is 35.8 Å². The predicted octanol–water partition coefficient (Wildman–Crippen LogP) is 3.83. The molecular weight excluding hydrogens is 379 g/mol. The van der Waals surface area contributed by atoms with Crippen molar-refractivity contribution < 1.29 is 22.7 Å². The minimum Gasteiger partial charge on any atom is -0.465 e. The van der Waals surface area contributed by atoms with Crippen molar-refractivity contribution in [2.45, 2.75) is 29.8 Å². The number of benzene rings is 1. The van der Waals surface area contributed by atoms with Crippen LogP contribution in [-0.2, 0) is 22.1 Å². The van der Waals surface area contributed by atoms with Gasteiger partial charge in [0.05, 0.1) is 17.9 Å². The van der Waals surface area contributed by atoms with Crippen molar-refractivity contribution in [2.75, 3.05) is 12.3 Å². The largest absolute Gasteiger partial charge is 0.465 e. The van der Waals surface area contributed by atoms with Gasteiger partial charge in [-0.05, 0) is 30.7 Å². The maximum absolute atomic E-state index is 12.6. The molecule has 0 aliphatic carbocycles. The Bertz CT molecular complexity index is 883. The number of anilines is 1. The monoisotopic (exact) mass is 395 g/mol. The van der Waals surface area contributed by atoms with Gasteiger partial charge in [0.1, 0.15) is 10.3 Å². The van der Waals surface area contributed by atoms with Gasteiger partial charge < -0.3 is 10.5 Å². The molecule has 0 fully saturated rings. The van der Waals surface area contributed by atoms with E-state index < -0.39 is 17.0 Å². The molecule has 2 N–H and O–H groups in total. The summed E-state index contributed by atoms with van der Waals surface area (Å²) in [5.74, 6) is -0.255. The van der Waals surface area contributed by atoms with Crippen molar-refractivity contribution in [1.82, 2.24) is 9.97 Å². The van der Waals surface area contributed by atoms with Crippen LogP contribution in [-0.4, -0.2) is 27.8 Å². The quantitative estimate of drug-likeness (QED) is 0.626. The minimum absolute atomic E-state index is 0.0674. The number of ether oxygens (including phenoxy) is 1. The van der Waals surface area contributed by atoms with E-state index in [1.165, 1.54) is 23.9 Å². The van der Waals surface area contributed by atoms with Gasteiger partial charge in [-0.25, -0.2) is 9.97 Å². The van der Waals surface area contributed by atoms with Crippen molar-refractivity contribution in [3.05, 3.63) is 46.6 Å². The molecule has 1 atom stereocenters. The third-order valence-electron chi connectivity index (χ3n) is 3.88. The predicted molar refractivity (Wildman–Crippen MR) is 96.8 cm³/mol. The lowest BCUT2D eigenvalue weighted by atomic mass is 10.1. The molecule has 1 aromatic carbocycles. The molecule has 3 rings (SSSR count). The van der Waals surface area contributed by atoms with E-state index >= 15 is 0 Å². The normalized spacial score (nSPS) is 16.5. The Labute approximate surface area is 157 Å². The lowest BCUT2D eigenvalue weighted by Crippen LogP contribution is -2.19. The van der Waals surface area contributed by atoms with E-state index in [2.05, 4.69) is 9.97 Å². The minimum atomic E-state index is -4.37. The Kier molecular flexibility index (Phi) is 5.41. The number of fused-ring (bicyclic) bond motifs is 1. The number of nitrogens with two attached hydrogens (primary N) is 1. The van der Waals surface area contributed by atoms with Crippen LogP contribution < -0.4 is 5.73 Å². The molecule has 9 heteroatoms. The maximum atomic E-state index is 12.6. The van der Waals surface area contributed by atoms with Gasteiger partial charge >= 0.3 is 12.1 Å². The number of nitrogen functional groups attached to an aromatic ring is 1. The number of aromatic nitrogens is 2. The van der Waals surface area contributed by atoms with E-state index in [0.717, 1.165) is 17.7 Å². The number of hydrogen-bond acceptors (Lipinski definition) is 6. The molecule has 0 spiro atoms. The van der Waals surface area contributed by atoms with Crippen LogP contribution in [0.3, 0.4) is 0 Å². The molecule has 2 aromatic rings. The average Bonchev–Trinajstić information content (AvgIpc) is 3.03. The first-order valence-electron chi connectivity index (χ1n) is 8.13. The molecule has 1 aliphatic heterocycles. The average molecular weight is 395 g/mol. The summed E-state index contributed by atoms with van der Waals surface area (Å²) in [6.45, 7) is 2.03. The molecule has 1 unspecified atom stereocenters. The Balaban J connectivity index is 1.83. The highest BCUT2D eigenvalue weighted by molar-refractivity contribution is 8.00. The van der Waals surface area contributed by atoms with E-state index in [1.807, 2.05) is 0 Å². The van der Waals surface area contributed by atoms with Crippen molar-refractivity contribution in [3.63, 3.8) is 0 Å². The first kappa shape index (κ1) is 19.2. The molecule has 0 bridgehead atoms. The van der Waals surface area contributed by atoms with E-state index in [0.29, 0.717) is 29.3 Å². The summed E-state index contributed by atoms with van der Waals surface area (Å²) in [4.78, 5) is 20.3. The van der Waals surface area contributed by atoms with E-state index in [1.54, 1.807) is 19.1 Å². The topological polar surface area (TPSA) is 78.1 Å². The lowest BCUT2D eigenvalue weighted by Gasteiger charge is -2.06. The number of esters is 1. The number of carbonyl (C=O) groups excluding carboxylic acids is 1. The zero-order valence-corrected chi connectivity index (χ0v) is 15.1. The Hall–Kier alpha value is -2.55. The van der Waals surface area contributed by atoms with E-state index in [-0.39, 0.29) is 11.9 Å². The number of nitrogens with zero attached hydrogens (tertiary/aromatic N) is 2. The standard InChI is InChI=1S/C18H16F3N3O2S/c1-2-26-16(25)14-9-12-13(23-17(22)24-15(12)27-14)8-5-10-3-6-11(7-4-10)18(19,20)21/h3-8,14H,2,9H2,1H3,(H2,22,23,24)/b8-5+. The summed E-state index contributed by atoms with van der Waals surface area (Å²) in [6, 6.07) is 4.79. The van der Waals surface area contributed by atoms with Gasteiger partial charge in [-0.1, -0.05) is 30.0 Å². The number of rotatable bonds is 4. The third-order valence-corrected chi connectivity index (χ3v) is 5.09. The molecule has 0 saturated carbocycles. The summed E-state index contributed by atoms with van der Waals surface area (Å²) in [5, 5.41) is 0.210. The second-order valence-corrected chi connectivity index (χ2v) is 6.96. The van der Waals surface area contributed by atoms with Crippen LogP contribution in [0.1, 0.15) is 29.3 Å². The highest BCUT2D eigenvalue weighted by Gasteiger charge is 2.33. The van der Waals surface area contributed by atoms with E-state index in [4.69, 9.17) is 10.5 Å². The molecule has 0 amide bonds. The lowest BCUT2D eigenvalue weighted by molar-refractivity contribution is -0.142. The number of halogens is 3. The van der Waals surface area contributed by atoms with Gasteiger partial charge in [-0.15, -0.1) is 0 Å². The van der Waals surface area contributed by atoms with Crippen molar-refractivity contribution in [2.24, 2.45) is 0 Å². The SMILES string of the molecule is CCOC(=O)C1Cc2c(/C=C/c3ccc(C(F)(F)F)cc3)nc(N)nc2S1. The summed E-state index contributed by atoms with van der Waals surface area (Å²) >= 11 is 1.27. The summed E-state index contributed by atoms with van der Waals surface area (Å²) in [5.41, 5.74) is 6.93. The second-order valence-electron chi connectivity index (χ2n) is 5.77. The van der Waals surface area contributed by atoms with Crippen LogP contribution in [0.4, 0.5) is 19.1 Å². The van der Waals surface area contributed by atoms with Gasteiger partial charge in [0.2, 0.25) is 5.95 Å². The van der Waals surface area contributed by atoms with Gasteiger partial charge in [-0.3, -0.25) is 4.79 Å². The smallest absolute Gasteiger partial charge is 0.416 e. The van der Waals surface area contributed by atoms with Crippen LogP contribution in [0.2, 0.25) is 0 Å². The molecule has 2 heterocycles. The van der Waals surface area contributed by atoms with Crippen LogP contribution in [0.25, 0.3) is 12.2 Å². The summed E-state index contributed by atoms with van der Waals surface area (Å²) < 4.78 is 42.9. The molecular formula is C18H16F3N3O2S. The number of carbonyl (C=O) groups is 1. The zero-order chi connectivity index (χ0) is 19.6. The van der Waals surface area contributed by atoms with Crippen molar-refractivity contribution in [1.29, 1.82) is 0 Å². The molecule has 1 aliphatic rings. The molecule has 27 heavy (non-hydrogen) atoms. The number of thioether (sulfide) groups is 1. The van der Waals surface area contributed by atoms with Gasteiger partial charge in [-0.2, -0.15) is 13.2 Å². The summed E-state index contributed by atoms with van der Waals surface area (Å²) in [6.07, 6.45) is -0.659. The van der Waals surface area contributed by atoms with E-state index in [9.17, 15) is 18.0 Å². The highest BCUT2D eigenvalue weighted by Crippen LogP contribution is 2.38. The van der Waals surface area contributed by atoms with Crippen LogP contribution in [0.15, 0.2) is 29.3 Å². The zero-order valence-electron chi connectivity index (χ0n) is 14.3. The summed E-state index contributed by atoms with van der Waals surface area (Å²) in [7, 11) is 0. The molecule has 0 radical (unpaired) electrons. The first-order valence-corrected chi connectivity index (χ1v) is 9.01.